The quantitative estimate of drug-likeness (QED) is 0.755. The van der Waals surface area contributed by atoms with E-state index in [1.807, 2.05) is 31.2 Å². The number of ether oxygens (including phenoxy) is 2. The third-order valence-electron chi connectivity index (χ3n) is 2.63. The zero-order valence-electron chi connectivity index (χ0n) is 11.2. The van der Waals surface area contributed by atoms with E-state index in [4.69, 9.17) is 4.74 Å². The van der Waals surface area contributed by atoms with Crippen LogP contribution in [-0.2, 0) is 9.53 Å². The number of esters is 1. The number of methoxy groups -OCH3 is 1. The Hall–Kier alpha value is -1.55. The van der Waals surface area contributed by atoms with Crippen LogP contribution in [0.3, 0.4) is 0 Å². The lowest BCUT2D eigenvalue weighted by Gasteiger charge is -2.14. The van der Waals surface area contributed by atoms with E-state index in [0.717, 1.165) is 24.3 Å². The Bertz CT molecular complexity index is 362. The first-order chi connectivity index (χ1) is 8.67. The lowest BCUT2D eigenvalue weighted by atomic mass is 10.1. The van der Waals surface area contributed by atoms with Gasteiger partial charge in [0.05, 0.1) is 20.3 Å². The van der Waals surface area contributed by atoms with Crippen LogP contribution in [0.2, 0.25) is 0 Å². The van der Waals surface area contributed by atoms with Gasteiger partial charge in [0.2, 0.25) is 0 Å². The number of nitrogens with one attached hydrogen (secondary N) is 1. The summed E-state index contributed by atoms with van der Waals surface area (Å²) < 4.78 is 10.1. The molecule has 100 valence electrons. The Balaban J connectivity index is 2.48. The van der Waals surface area contributed by atoms with Crippen LogP contribution < -0.4 is 10.1 Å². The van der Waals surface area contributed by atoms with Crippen LogP contribution in [0.5, 0.6) is 5.75 Å². The van der Waals surface area contributed by atoms with Crippen molar-refractivity contribution in [1.29, 1.82) is 0 Å². The molecule has 0 aliphatic heterocycles. The highest BCUT2D eigenvalue weighted by molar-refractivity contribution is 5.71. The molecule has 1 aromatic carbocycles. The minimum absolute atomic E-state index is 0.101. The summed E-state index contributed by atoms with van der Waals surface area (Å²) in [5.41, 5.74) is 1.11. The van der Waals surface area contributed by atoms with E-state index in [0.29, 0.717) is 0 Å². The average Bonchev–Trinajstić information content (AvgIpc) is 2.42. The predicted octanol–water partition coefficient (Wildman–Crippen LogP) is 2.30. The summed E-state index contributed by atoms with van der Waals surface area (Å²) in [6.45, 7) is 5.03. The minimum atomic E-state index is -0.259. The summed E-state index contributed by atoms with van der Waals surface area (Å²) in [4.78, 5) is 11.0. The Morgan fingerprint density at radius 2 is 2.00 bits per heavy atom. The second-order valence-electron chi connectivity index (χ2n) is 4.10. The molecule has 0 radical (unpaired) electrons. The van der Waals surface area contributed by atoms with Crippen LogP contribution in [0.25, 0.3) is 0 Å². The Morgan fingerprint density at radius 1 is 1.33 bits per heavy atom. The van der Waals surface area contributed by atoms with Crippen LogP contribution in [0.4, 0.5) is 0 Å². The summed E-state index contributed by atoms with van der Waals surface area (Å²) in [6.07, 6.45) is 0.999. The van der Waals surface area contributed by atoms with E-state index in [-0.39, 0.29) is 18.6 Å². The molecule has 1 aromatic rings. The highest BCUT2D eigenvalue weighted by Crippen LogP contribution is 2.17. The molecule has 1 unspecified atom stereocenters. The molecule has 0 spiro atoms. The zero-order chi connectivity index (χ0) is 13.4. The number of hydrogen-bond acceptors (Lipinski definition) is 4. The van der Waals surface area contributed by atoms with Gasteiger partial charge in [-0.3, -0.25) is 4.79 Å². The summed E-state index contributed by atoms with van der Waals surface area (Å²) in [7, 11) is 1.38. The van der Waals surface area contributed by atoms with Crippen molar-refractivity contribution in [2.45, 2.75) is 26.3 Å². The van der Waals surface area contributed by atoms with Crippen LogP contribution >= 0.6 is 0 Å². The molecule has 0 aromatic heterocycles. The lowest BCUT2D eigenvalue weighted by Crippen LogP contribution is -2.26. The fraction of sp³-hybridized carbons (Fsp3) is 0.500. The topological polar surface area (TPSA) is 47.6 Å². The maximum Gasteiger partial charge on any atom is 0.319 e. The number of carbonyl (C=O) groups is 1. The van der Waals surface area contributed by atoms with Gasteiger partial charge in [-0.2, -0.15) is 0 Å². The van der Waals surface area contributed by atoms with Crippen molar-refractivity contribution >= 4 is 5.97 Å². The average molecular weight is 251 g/mol. The molecule has 0 saturated heterocycles. The first-order valence-electron chi connectivity index (χ1n) is 6.20. The number of benzene rings is 1. The van der Waals surface area contributed by atoms with Crippen LogP contribution in [0.1, 0.15) is 31.9 Å². The van der Waals surface area contributed by atoms with Crippen LogP contribution in [0.15, 0.2) is 24.3 Å². The standard InChI is InChI=1S/C14H21NO3/c1-4-9-18-13-7-5-12(6-8-13)11(2)15-10-14(16)17-3/h5-8,11,15H,4,9-10H2,1-3H3. The highest BCUT2D eigenvalue weighted by Gasteiger charge is 2.07. The largest absolute Gasteiger partial charge is 0.494 e. The zero-order valence-corrected chi connectivity index (χ0v) is 11.2. The number of rotatable bonds is 7. The molecular weight excluding hydrogens is 230 g/mol. The molecule has 0 heterocycles. The van der Waals surface area contributed by atoms with Crippen LogP contribution in [0, 0.1) is 0 Å². The molecule has 1 rings (SSSR count). The van der Waals surface area contributed by atoms with Crippen molar-refractivity contribution in [3.63, 3.8) is 0 Å². The van der Waals surface area contributed by atoms with Gasteiger partial charge in [0.15, 0.2) is 0 Å². The molecule has 0 saturated carbocycles. The normalized spacial score (nSPS) is 11.9. The Labute approximate surface area is 108 Å². The lowest BCUT2D eigenvalue weighted by molar-refractivity contribution is -0.139. The van der Waals surface area contributed by atoms with Gasteiger partial charge in [0, 0.05) is 6.04 Å². The molecule has 0 amide bonds. The summed E-state index contributed by atoms with van der Waals surface area (Å²) >= 11 is 0. The van der Waals surface area contributed by atoms with Gasteiger partial charge in [0.25, 0.3) is 0 Å². The second kappa shape index (κ2) is 7.71. The number of carbonyl (C=O) groups excluding carboxylic acids is 1. The Kier molecular flexibility index (Phi) is 6.22. The van der Waals surface area contributed by atoms with E-state index in [9.17, 15) is 4.79 Å². The second-order valence-corrected chi connectivity index (χ2v) is 4.10. The first-order valence-corrected chi connectivity index (χ1v) is 6.20. The third kappa shape index (κ3) is 4.75. The van der Waals surface area contributed by atoms with E-state index in [1.54, 1.807) is 0 Å². The fourth-order valence-corrected chi connectivity index (χ4v) is 1.50. The van der Waals surface area contributed by atoms with Crippen molar-refractivity contribution in [3.05, 3.63) is 29.8 Å². The molecule has 0 fully saturated rings. The molecular formula is C14H21NO3. The molecule has 1 N–H and O–H groups in total. The van der Waals surface area contributed by atoms with E-state index >= 15 is 0 Å². The monoisotopic (exact) mass is 251 g/mol. The predicted molar refractivity (Wildman–Crippen MR) is 70.7 cm³/mol. The van der Waals surface area contributed by atoms with E-state index in [2.05, 4.69) is 17.0 Å². The van der Waals surface area contributed by atoms with Gasteiger partial charge in [-0.1, -0.05) is 19.1 Å². The molecule has 18 heavy (non-hydrogen) atoms. The highest BCUT2D eigenvalue weighted by atomic mass is 16.5. The van der Waals surface area contributed by atoms with Gasteiger partial charge < -0.3 is 14.8 Å². The maximum absolute atomic E-state index is 11.0. The van der Waals surface area contributed by atoms with E-state index in [1.165, 1.54) is 7.11 Å². The van der Waals surface area contributed by atoms with Crippen molar-refractivity contribution < 1.29 is 14.3 Å². The fourth-order valence-electron chi connectivity index (χ4n) is 1.50. The molecule has 0 aliphatic rings. The Morgan fingerprint density at radius 3 is 2.56 bits per heavy atom. The SMILES string of the molecule is CCCOc1ccc(C(C)NCC(=O)OC)cc1. The molecule has 4 heteroatoms. The van der Waals surface area contributed by atoms with Gasteiger partial charge in [-0.25, -0.2) is 0 Å². The summed E-state index contributed by atoms with van der Waals surface area (Å²) in [6, 6.07) is 7.99. The van der Waals surface area contributed by atoms with Crippen molar-refractivity contribution in [3.8, 4) is 5.75 Å². The smallest absolute Gasteiger partial charge is 0.319 e. The summed E-state index contributed by atoms with van der Waals surface area (Å²) in [5, 5.41) is 3.10. The van der Waals surface area contributed by atoms with Crippen molar-refractivity contribution in [2.75, 3.05) is 20.3 Å². The molecule has 4 nitrogen and oxygen atoms in total. The van der Waals surface area contributed by atoms with Crippen molar-refractivity contribution in [2.24, 2.45) is 0 Å². The number of hydrogen-bond donors (Lipinski definition) is 1. The maximum atomic E-state index is 11.0. The van der Waals surface area contributed by atoms with Gasteiger partial charge in [0.1, 0.15) is 5.75 Å². The molecule has 0 bridgehead atoms. The van der Waals surface area contributed by atoms with Gasteiger partial charge in [-0.05, 0) is 31.0 Å². The minimum Gasteiger partial charge on any atom is -0.494 e. The van der Waals surface area contributed by atoms with Gasteiger partial charge in [-0.15, -0.1) is 0 Å². The van der Waals surface area contributed by atoms with Crippen LogP contribution in [-0.4, -0.2) is 26.2 Å². The van der Waals surface area contributed by atoms with Crippen molar-refractivity contribution in [1.82, 2.24) is 5.32 Å². The van der Waals surface area contributed by atoms with Gasteiger partial charge >= 0.3 is 5.97 Å². The molecule has 0 aliphatic carbocycles. The van der Waals surface area contributed by atoms with E-state index < -0.39 is 0 Å². The summed E-state index contributed by atoms with van der Waals surface area (Å²) in [5.74, 6) is 0.616. The molecule has 1 atom stereocenters. The third-order valence-corrected chi connectivity index (χ3v) is 2.63. The first kappa shape index (κ1) is 14.5.